The van der Waals surface area contributed by atoms with E-state index in [1.54, 1.807) is 23.1 Å². The summed E-state index contributed by atoms with van der Waals surface area (Å²) in [4.78, 5) is 14.3. The van der Waals surface area contributed by atoms with Crippen LogP contribution in [0.2, 0.25) is 0 Å². The van der Waals surface area contributed by atoms with Gasteiger partial charge in [0.15, 0.2) is 17.5 Å². The molecule has 0 spiro atoms. The summed E-state index contributed by atoms with van der Waals surface area (Å²) in [7, 11) is -3.80. The Morgan fingerprint density at radius 3 is 2.79 bits per heavy atom. The molecule has 4 rings (SSSR count). The van der Waals surface area contributed by atoms with Gasteiger partial charge in [0.25, 0.3) is 10.0 Å². The molecule has 1 saturated heterocycles. The summed E-state index contributed by atoms with van der Waals surface area (Å²) in [5, 5.41) is 0. The Labute approximate surface area is 160 Å². The SMILES string of the molecule is O=C(OCc1cccc(F)c1F)[C@H]1CCCN1C1=NS(=O)(=O)c2ccccc21. The van der Waals surface area contributed by atoms with Gasteiger partial charge in [-0.15, -0.1) is 4.40 Å². The quantitative estimate of drug-likeness (QED) is 0.733. The summed E-state index contributed by atoms with van der Waals surface area (Å²) in [5.74, 6) is -2.49. The van der Waals surface area contributed by atoms with Crippen LogP contribution in [-0.2, 0) is 26.2 Å². The smallest absolute Gasteiger partial charge is 0.329 e. The fourth-order valence-electron chi connectivity index (χ4n) is 3.47. The second kappa shape index (κ2) is 6.97. The van der Waals surface area contributed by atoms with E-state index in [1.165, 1.54) is 18.2 Å². The topological polar surface area (TPSA) is 76.0 Å². The van der Waals surface area contributed by atoms with Crippen molar-refractivity contribution in [1.82, 2.24) is 4.90 Å². The summed E-state index contributed by atoms with van der Waals surface area (Å²) in [6, 6.07) is 9.33. The van der Waals surface area contributed by atoms with Crippen LogP contribution in [0.1, 0.15) is 24.0 Å². The van der Waals surface area contributed by atoms with Crippen LogP contribution in [0.5, 0.6) is 0 Å². The van der Waals surface area contributed by atoms with Crippen LogP contribution in [-0.4, -0.2) is 37.7 Å². The molecule has 146 valence electrons. The van der Waals surface area contributed by atoms with E-state index in [1.807, 2.05) is 0 Å². The third-order valence-corrected chi connectivity index (χ3v) is 6.14. The third-order valence-electron chi connectivity index (χ3n) is 4.81. The van der Waals surface area contributed by atoms with E-state index < -0.39 is 40.3 Å². The minimum atomic E-state index is -3.80. The number of benzene rings is 2. The minimum absolute atomic E-state index is 0.0657. The monoisotopic (exact) mass is 406 g/mol. The summed E-state index contributed by atoms with van der Waals surface area (Å²) in [5.41, 5.74) is 0.377. The van der Waals surface area contributed by atoms with Crippen molar-refractivity contribution in [3.63, 3.8) is 0 Å². The Morgan fingerprint density at radius 2 is 1.96 bits per heavy atom. The van der Waals surface area contributed by atoms with Gasteiger partial charge in [-0.1, -0.05) is 24.3 Å². The molecule has 0 N–H and O–H groups in total. The maximum atomic E-state index is 13.7. The first kappa shape index (κ1) is 18.5. The zero-order valence-corrected chi connectivity index (χ0v) is 15.5. The number of carbonyl (C=O) groups excluding carboxylic acids is 1. The fourth-order valence-corrected chi connectivity index (χ4v) is 4.68. The van der Waals surface area contributed by atoms with Gasteiger partial charge in [-0.25, -0.2) is 13.6 Å². The first-order valence-electron chi connectivity index (χ1n) is 8.69. The fraction of sp³-hybridized carbons (Fsp3) is 0.263. The molecule has 2 heterocycles. The van der Waals surface area contributed by atoms with Gasteiger partial charge < -0.3 is 9.64 Å². The van der Waals surface area contributed by atoms with Gasteiger partial charge in [-0.3, -0.25) is 0 Å². The Kier molecular flexibility index (Phi) is 4.62. The van der Waals surface area contributed by atoms with E-state index in [4.69, 9.17) is 4.74 Å². The van der Waals surface area contributed by atoms with Crippen molar-refractivity contribution in [2.45, 2.75) is 30.4 Å². The minimum Gasteiger partial charge on any atom is -0.459 e. The lowest BCUT2D eigenvalue weighted by atomic mass is 10.1. The predicted octanol–water partition coefficient (Wildman–Crippen LogP) is 2.62. The maximum absolute atomic E-state index is 13.7. The molecule has 0 aliphatic carbocycles. The van der Waals surface area contributed by atoms with E-state index in [9.17, 15) is 22.0 Å². The van der Waals surface area contributed by atoms with Gasteiger partial charge in [0.2, 0.25) is 0 Å². The number of halogens is 2. The highest BCUT2D eigenvalue weighted by Crippen LogP contribution is 2.31. The number of hydrogen-bond acceptors (Lipinski definition) is 5. The number of ether oxygens (including phenoxy) is 1. The lowest BCUT2D eigenvalue weighted by Crippen LogP contribution is -2.41. The zero-order chi connectivity index (χ0) is 19.9. The van der Waals surface area contributed by atoms with Crippen molar-refractivity contribution >= 4 is 21.8 Å². The highest BCUT2D eigenvalue weighted by Gasteiger charge is 2.39. The molecule has 0 amide bonds. The van der Waals surface area contributed by atoms with Crippen LogP contribution in [0.15, 0.2) is 51.8 Å². The highest BCUT2D eigenvalue weighted by molar-refractivity contribution is 7.90. The van der Waals surface area contributed by atoms with Crippen molar-refractivity contribution < 1.29 is 26.7 Å². The van der Waals surface area contributed by atoms with Crippen LogP contribution in [0.4, 0.5) is 8.78 Å². The number of nitrogens with zero attached hydrogens (tertiary/aromatic N) is 2. The van der Waals surface area contributed by atoms with Crippen molar-refractivity contribution in [3.05, 3.63) is 65.2 Å². The molecule has 2 aliphatic heterocycles. The van der Waals surface area contributed by atoms with Gasteiger partial charge in [-0.2, -0.15) is 8.42 Å². The van der Waals surface area contributed by atoms with Crippen molar-refractivity contribution in [2.24, 2.45) is 4.40 Å². The average molecular weight is 406 g/mol. The molecular formula is C19H16F2N2O4S. The summed E-state index contributed by atoms with van der Waals surface area (Å²) < 4.78 is 60.6. The van der Waals surface area contributed by atoms with E-state index in [2.05, 4.69) is 4.40 Å². The van der Waals surface area contributed by atoms with Gasteiger partial charge in [0, 0.05) is 17.7 Å². The number of rotatable bonds is 3. The number of esters is 1. The molecule has 6 nitrogen and oxygen atoms in total. The van der Waals surface area contributed by atoms with Crippen molar-refractivity contribution in [2.75, 3.05) is 6.54 Å². The zero-order valence-electron chi connectivity index (χ0n) is 14.6. The van der Waals surface area contributed by atoms with Gasteiger partial charge >= 0.3 is 5.97 Å². The van der Waals surface area contributed by atoms with E-state index >= 15 is 0 Å². The second-order valence-corrected chi connectivity index (χ2v) is 8.13. The summed E-state index contributed by atoms with van der Waals surface area (Å²) in [6.45, 7) is 0.0326. The molecule has 0 saturated carbocycles. The van der Waals surface area contributed by atoms with Crippen LogP contribution in [0.3, 0.4) is 0 Å². The Balaban J connectivity index is 1.54. The maximum Gasteiger partial charge on any atom is 0.329 e. The van der Waals surface area contributed by atoms with Crippen LogP contribution >= 0.6 is 0 Å². The molecule has 1 fully saturated rings. The molecule has 0 unspecified atom stereocenters. The predicted molar refractivity (Wildman–Crippen MR) is 96.0 cm³/mol. The number of amidine groups is 1. The number of carbonyl (C=O) groups is 1. The van der Waals surface area contributed by atoms with Gasteiger partial charge in [-0.05, 0) is 31.0 Å². The number of likely N-dealkylation sites (tertiary alicyclic amines) is 1. The second-order valence-electron chi connectivity index (χ2n) is 6.56. The number of sulfonamides is 1. The first-order chi connectivity index (χ1) is 13.4. The molecule has 28 heavy (non-hydrogen) atoms. The molecule has 2 aromatic rings. The Bertz CT molecular complexity index is 1090. The molecular weight excluding hydrogens is 390 g/mol. The lowest BCUT2D eigenvalue weighted by Gasteiger charge is -2.25. The van der Waals surface area contributed by atoms with Crippen molar-refractivity contribution in [1.29, 1.82) is 0 Å². The molecule has 2 aromatic carbocycles. The van der Waals surface area contributed by atoms with Crippen LogP contribution in [0.25, 0.3) is 0 Å². The molecule has 0 radical (unpaired) electrons. The number of fused-ring (bicyclic) bond motifs is 1. The normalized spacial score (nSPS) is 20.0. The van der Waals surface area contributed by atoms with Crippen molar-refractivity contribution in [3.8, 4) is 0 Å². The Morgan fingerprint density at radius 1 is 1.18 bits per heavy atom. The first-order valence-corrected chi connectivity index (χ1v) is 10.1. The van der Waals surface area contributed by atoms with E-state index in [-0.39, 0.29) is 16.3 Å². The molecule has 9 heteroatoms. The van der Waals surface area contributed by atoms with Gasteiger partial charge in [0.05, 0.1) is 0 Å². The lowest BCUT2D eigenvalue weighted by molar-refractivity contribution is -0.149. The van der Waals surface area contributed by atoms with Crippen LogP contribution < -0.4 is 0 Å². The molecule has 2 aliphatic rings. The third kappa shape index (κ3) is 3.15. The highest BCUT2D eigenvalue weighted by atomic mass is 32.2. The molecule has 1 atom stereocenters. The van der Waals surface area contributed by atoms with Crippen LogP contribution in [0, 0.1) is 11.6 Å². The summed E-state index contributed by atoms with van der Waals surface area (Å²) in [6.07, 6.45) is 1.10. The average Bonchev–Trinajstić information content (AvgIpc) is 3.26. The molecule has 0 bridgehead atoms. The number of hydrogen-bond donors (Lipinski definition) is 0. The van der Waals surface area contributed by atoms with E-state index in [0.717, 1.165) is 6.07 Å². The molecule has 0 aromatic heterocycles. The van der Waals surface area contributed by atoms with E-state index in [0.29, 0.717) is 24.9 Å². The standard InChI is InChI=1S/C19H16F2N2O4S/c20-14-7-3-5-12(17(14)21)11-27-19(24)15-8-4-10-23(15)18-13-6-1-2-9-16(13)28(25,26)22-18/h1-3,5-7,9,15H,4,8,10-11H2/t15-/m1/s1. The largest absolute Gasteiger partial charge is 0.459 e. The summed E-state index contributed by atoms with van der Waals surface area (Å²) >= 11 is 0. The van der Waals surface area contributed by atoms with Gasteiger partial charge in [0.1, 0.15) is 17.5 Å². The Hall–Kier alpha value is -2.81.